The van der Waals surface area contributed by atoms with Crippen LogP contribution in [-0.4, -0.2) is 35.9 Å². The van der Waals surface area contributed by atoms with Gasteiger partial charge < -0.3 is 21.7 Å². The Morgan fingerprint density at radius 3 is 2.59 bits per heavy atom. The third-order valence-corrected chi connectivity index (χ3v) is 6.85. The minimum absolute atomic E-state index is 0.0687. The van der Waals surface area contributed by atoms with Crippen molar-refractivity contribution < 1.29 is 14.0 Å². The summed E-state index contributed by atoms with van der Waals surface area (Å²) in [5, 5.41) is 9.14. The van der Waals surface area contributed by atoms with Crippen molar-refractivity contribution in [2.24, 2.45) is 5.73 Å². The molecule has 0 radical (unpaired) electrons. The Morgan fingerprint density at radius 2 is 1.91 bits per heavy atom. The molecule has 34 heavy (non-hydrogen) atoms. The molecular weight excluding hydrogens is 477 g/mol. The second-order valence-corrected chi connectivity index (χ2v) is 9.35. The number of carbonyl (C=O) groups excluding carboxylic acids is 2. The highest BCUT2D eigenvalue weighted by Crippen LogP contribution is 2.30. The van der Waals surface area contributed by atoms with Crippen molar-refractivity contribution in [1.29, 1.82) is 0 Å². The number of hydrogen-bond acceptors (Lipinski definition) is 6. The highest BCUT2D eigenvalue weighted by Gasteiger charge is 2.24. The summed E-state index contributed by atoms with van der Waals surface area (Å²) in [6.07, 6.45) is 0.0687. The van der Waals surface area contributed by atoms with Gasteiger partial charge in [-0.15, -0.1) is 11.3 Å². The molecule has 3 aromatic rings. The first kappa shape index (κ1) is 25.8. The van der Waals surface area contributed by atoms with E-state index in [9.17, 15) is 14.0 Å². The maximum absolute atomic E-state index is 13.3. The summed E-state index contributed by atoms with van der Waals surface area (Å²) in [6, 6.07) is 10.2. The van der Waals surface area contributed by atoms with Gasteiger partial charge in [-0.05, 0) is 51.1 Å². The minimum atomic E-state index is -0.913. The highest BCUT2D eigenvalue weighted by atomic mass is 35.5. The standard InChI is InChI=1S/C24H27ClFN5O2S/c1-13-6-4-5-7-16(13)24-30-14(2)21(34-24)12-29-22(32)19(27)11-20(28-3)23(33)31-15-8-9-18(26)17(25)10-15/h4-10,19-20,28H,11-12,27H2,1-3H3,(H,29,32)(H,31,33). The first-order valence-corrected chi connectivity index (χ1v) is 11.9. The van der Waals surface area contributed by atoms with Gasteiger partial charge in [0.2, 0.25) is 11.8 Å². The van der Waals surface area contributed by atoms with E-state index in [4.69, 9.17) is 17.3 Å². The fraction of sp³-hybridized carbons (Fsp3) is 0.292. The predicted molar refractivity (Wildman–Crippen MR) is 134 cm³/mol. The highest BCUT2D eigenvalue weighted by molar-refractivity contribution is 7.15. The summed E-state index contributed by atoms with van der Waals surface area (Å²) in [5.74, 6) is -1.36. The number of hydrogen-bond donors (Lipinski definition) is 4. The normalized spacial score (nSPS) is 12.8. The number of anilines is 1. The van der Waals surface area contributed by atoms with Gasteiger partial charge in [-0.2, -0.15) is 0 Å². The Kier molecular flexibility index (Phi) is 8.73. The lowest BCUT2D eigenvalue weighted by atomic mass is 10.1. The Morgan fingerprint density at radius 1 is 1.18 bits per heavy atom. The molecule has 2 unspecified atom stereocenters. The van der Waals surface area contributed by atoms with Gasteiger partial charge in [0.1, 0.15) is 10.8 Å². The number of nitrogens with two attached hydrogens (primary N) is 1. The monoisotopic (exact) mass is 503 g/mol. The van der Waals surface area contributed by atoms with E-state index in [1.54, 1.807) is 7.05 Å². The first-order chi connectivity index (χ1) is 16.2. The summed E-state index contributed by atoms with van der Waals surface area (Å²) >= 11 is 7.29. The number of amides is 2. The zero-order chi connectivity index (χ0) is 24.8. The van der Waals surface area contributed by atoms with Gasteiger partial charge in [-0.25, -0.2) is 9.37 Å². The van der Waals surface area contributed by atoms with Gasteiger partial charge in [0.05, 0.1) is 29.3 Å². The quantitative estimate of drug-likeness (QED) is 0.355. The van der Waals surface area contributed by atoms with E-state index in [0.29, 0.717) is 12.2 Å². The molecule has 1 heterocycles. The maximum Gasteiger partial charge on any atom is 0.241 e. The fourth-order valence-corrected chi connectivity index (χ4v) is 4.61. The van der Waals surface area contributed by atoms with Crippen LogP contribution in [0.5, 0.6) is 0 Å². The number of carbonyl (C=O) groups is 2. The summed E-state index contributed by atoms with van der Waals surface area (Å²) in [5.41, 5.74) is 9.47. The van der Waals surface area contributed by atoms with Crippen molar-refractivity contribution in [2.75, 3.05) is 12.4 Å². The largest absolute Gasteiger partial charge is 0.350 e. The number of thiazole rings is 1. The van der Waals surface area contributed by atoms with Gasteiger partial charge in [0, 0.05) is 16.1 Å². The molecule has 180 valence electrons. The van der Waals surface area contributed by atoms with Crippen LogP contribution in [0.3, 0.4) is 0 Å². The first-order valence-electron chi connectivity index (χ1n) is 10.7. The molecule has 0 saturated carbocycles. The van der Waals surface area contributed by atoms with E-state index in [1.165, 1.54) is 23.5 Å². The van der Waals surface area contributed by atoms with E-state index in [0.717, 1.165) is 32.8 Å². The van der Waals surface area contributed by atoms with Crippen molar-refractivity contribution in [3.05, 3.63) is 69.4 Å². The molecule has 0 spiro atoms. The summed E-state index contributed by atoms with van der Waals surface area (Å²) < 4.78 is 13.3. The maximum atomic E-state index is 13.3. The van der Waals surface area contributed by atoms with Crippen molar-refractivity contribution in [3.8, 4) is 10.6 Å². The zero-order valence-corrected chi connectivity index (χ0v) is 20.7. The van der Waals surface area contributed by atoms with Crippen LogP contribution in [-0.2, 0) is 16.1 Å². The molecule has 0 bridgehead atoms. The minimum Gasteiger partial charge on any atom is -0.350 e. The number of rotatable bonds is 9. The summed E-state index contributed by atoms with van der Waals surface area (Å²) in [7, 11) is 1.60. The van der Waals surface area contributed by atoms with E-state index in [-0.39, 0.29) is 17.4 Å². The molecule has 2 atom stereocenters. The topological polar surface area (TPSA) is 109 Å². The van der Waals surface area contributed by atoms with Crippen LogP contribution >= 0.6 is 22.9 Å². The molecule has 0 aliphatic heterocycles. The van der Waals surface area contributed by atoms with E-state index >= 15 is 0 Å². The molecule has 3 rings (SSSR count). The molecule has 0 aliphatic carbocycles. The van der Waals surface area contributed by atoms with Crippen LogP contribution in [0.2, 0.25) is 5.02 Å². The van der Waals surface area contributed by atoms with Gasteiger partial charge >= 0.3 is 0 Å². The van der Waals surface area contributed by atoms with Crippen LogP contribution in [0.25, 0.3) is 10.6 Å². The lowest BCUT2D eigenvalue weighted by Gasteiger charge is -2.20. The third-order valence-electron chi connectivity index (χ3n) is 5.37. The molecule has 0 fully saturated rings. The molecule has 0 aliphatic rings. The summed E-state index contributed by atoms with van der Waals surface area (Å²) in [4.78, 5) is 30.8. The van der Waals surface area contributed by atoms with Crippen molar-refractivity contribution in [3.63, 3.8) is 0 Å². The number of likely N-dealkylation sites (N-methyl/N-ethyl adjacent to an activating group) is 1. The van der Waals surface area contributed by atoms with Crippen LogP contribution in [0.4, 0.5) is 10.1 Å². The molecule has 5 N–H and O–H groups in total. The van der Waals surface area contributed by atoms with Crippen molar-refractivity contribution in [2.45, 2.75) is 38.9 Å². The van der Waals surface area contributed by atoms with Gasteiger partial charge in [-0.1, -0.05) is 35.9 Å². The third kappa shape index (κ3) is 6.38. The SMILES string of the molecule is CNC(CC(N)C(=O)NCc1sc(-c2ccccc2C)nc1C)C(=O)Nc1ccc(F)c(Cl)c1. The molecule has 7 nitrogen and oxygen atoms in total. The Hall–Kier alpha value is -2.85. The number of aryl methyl sites for hydroxylation is 2. The van der Waals surface area contributed by atoms with Crippen molar-refractivity contribution >= 4 is 40.4 Å². The second kappa shape index (κ2) is 11.5. The van der Waals surface area contributed by atoms with E-state index in [2.05, 4.69) is 20.9 Å². The molecular formula is C24H27ClFN5O2S. The van der Waals surface area contributed by atoms with E-state index < -0.39 is 23.8 Å². The lowest BCUT2D eigenvalue weighted by Crippen LogP contribution is -2.48. The van der Waals surface area contributed by atoms with Gasteiger partial charge in [0.15, 0.2) is 0 Å². The van der Waals surface area contributed by atoms with Crippen LogP contribution in [0, 0.1) is 19.7 Å². The Balaban J connectivity index is 1.57. The smallest absolute Gasteiger partial charge is 0.241 e. The number of halogens is 2. The number of benzene rings is 2. The molecule has 10 heteroatoms. The van der Waals surface area contributed by atoms with Gasteiger partial charge in [0.25, 0.3) is 0 Å². The number of nitrogens with zero attached hydrogens (tertiary/aromatic N) is 1. The molecule has 0 saturated heterocycles. The van der Waals surface area contributed by atoms with Crippen LogP contribution < -0.4 is 21.7 Å². The average molecular weight is 504 g/mol. The van der Waals surface area contributed by atoms with E-state index in [1.807, 2.05) is 38.1 Å². The molecule has 1 aromatic heterocycles. The summed E-state index contributed by atoms with van der Waals surface area (Å²) in [6.45, 7) is 4.24. The van der Waals surface area contributed by atoms with Gasteiger partial charge in [-0.3, -0.25) is 9.59 Å². The second-order valence-electron chi connectivity index (χ2n) is 7.86. The Bertz CT molecular complexity index is 1190. The lowest BCUT2D eigenvalue weighted by molar-refractivity contribution is -0.123. The van der Waals surface area contributed by atoms with Crippen LogP contribution in [0.15, 0.2) is 42.5 Å². The predicted octanol–water partition coefficient (Wildman–Crippen LogP) is 3.78. The average Bonchev–Trinajstić information content (AvgIpc) is 3.18. The fourth-order valence-electron chi connectivity index (χ4n) is 3.34. The Labute approximate surface area is 206 Å². The van der Waals surface area contributed by atoms with Crippen LogP contribution in [0.1, 0.15) is 22.6 Å². The number of nitrogens with one attached hydrogen (secondary N) is 3. The van der Waals surface area contributed by atoms with Crippen molar-refractivity contribution in [1.82, 2.24) is 15.6 Å². The number of aromatic nitrogens is 1. The molecule has 2 amide bonds. The molecule has 2 aromatic carbocycles. The zero-order valence-electron chi connectivity index (χ0n) is 19.1.